The van der Waals surface area contributed by atoms with Crippen molar-refractivity contribution in [1.82, 2.24) is 0 Å². The van der Waals surface area contributed by atoms with Gasteiger partial charge in [-0.1, -0.05) is 120 Å². The molecular formula is C26H38O. The molecule has 0 aliphatic rings. The monoisotopic (exact) mass is 366 g/mol. The van der Waals surface area contributed by atoms with Gasteiger partial charge in [-0.3, -0.25) is 0 Å². The average molecular weight is 367 g/mol. The van der Waals surface area contributed by atoms with Crippen molar-refractivity contribution in [2.24, 2.45) is 5.92 Å². The van der Waals surface area contributed by atoms with Gasteiger partial charge in [0, 0.05) is 0 Å². The second kappa shape index (κ2) is 11.3. The second-order valence-corrected chi connectivity index (χ2v) is 7.95. The fraction of sp³-hybridized carbons (Fsp3) is 0.538. The van der Waals surface area contributed by atoms with Gasteiger partial charge in [0.25, 0.3) is 0 Å². The Morgan fingerprint density at radius 3 is 2.22 bits per heavy atom. The average Bonchev–Trinajstić information content (AvgIpc) is 2.71. The number of rotatable bonds is 13. The zero-order valence-corrected chi connectivity index (χ0v) is 17.4. The van der Waals surface area contributed by atoms with Gasteiger partial charge >= 0.3 is 0 Å². The minimum absolute atomic E-state index is 0.229. The van der Waals surface area contributed by atoms with Gasteiger partial charge in [-0.05, 0) is 35.1 Å². The first kappa shape index (κ1) is 21.7. The predicted octanol–water partition coefficient (Wildman–Crippen LogP) is 7.77. The largest absolute Gasteiger partial charge is 0.381 e. The van der Waals surface area contributed by atoms with Crippen LogP contribution in [0.5, 0.6) is 0 Å². The minimum atomic E-state index is -0.959. The molecule has 2 aromatic carbocycles. The summed E-state index contributed by atoms with van der Waals surface area (Å²) in [7, 11) is 0. The van der Waals surface area contributed by atoms with Crippen molar-refractivity contribution in [3.05, 3.63) is 60.7 Å². The van der Waals surface area contributed by atoms with Crippen LogP contribution in [0.2, 0.25) is 0 Å². The Morgan fingerprint density at radius 1 is 0.852 bits per heavy atom. The van der Waals surface area contributed by atoms with E-state index in [1.165, 1.54) is 43.9 Å². The van der Waals surface area contributed by atoms with Crippen molar-refractivity contribution in [3.63, 3.8) is 0 Å². The third-order valence-corrected chi connectivity index (χ3v) is 5.97. The molecule has 0 aliphatic carbocycles. The molecule has 0 radical (unpaired) electrons. The maximum atomic E-state index is 11.8. The van der Waals surface area contributed by atoms with Crippen LogP contribution in [0.4, 0.5) is 0 Å². The fourth-order valence-corrected chi connectivity index (χ4v) is 4.28. The van der Waals surface area contributed by atoms with E-state index in [9.17, 15) is 5.11 Å². The molecule has 1 heteroatoms. The summed E-state index contributed by atoms with van der Waals surface area (Å²) in [5.41, 5.74) is 0.0575. The van der Waals surface area contributed by atoms with E-state index in [1.807, 2.05) is 0 Å². The van der Waals surface area contributed by atoms with Crippen molar-refractivity contribution in [3.8, 4) is 0 Å². The molecule has 0 heterocycles. The van der Waals surface area contributed by atoms with Gasteiger partial charge in [-0.2, -0.15) is 0 Å². The molecule has 27 heavy (non-hydrogen) atoms. The second-order valence-electron chi connectivity index (χ2n) is 7.95. The first-order valence-electron chi connectivity index (χ1n) is 11.0. The molecule has 2 atom stereocenters. The lowest BCUT2D eigenvalue weighted by atomic mass is 9.74. The highest BCUT2D eigenvalue weighted by Gasteiger charge is 2.35. The molecule has 0 saturated carbocycles. The van der Waals surface area contributed by atoms with Crippen molar-refractivity contribution >= 4 is 10.8 Å². The molecule has 0 bridgehead atoms. The van der Waals surface area contributed by atoms with Crippen molar-refractivity contribution in [2.75, 3.05) is 0 Å². The van der Waals surface area contributed by atoms with Crippen LogP contribution in [0.3, 0.4) is 0 Å². The first-order valence-corrected chi connectivity index (χ1v) is 11.0. The third kappa shape index (κ3) is 5.69. The van der Waals surface area contributed by atoms with Crippen LogP contribution in [-0.4, -0.2) is 5.11 Å². The predicted molar refractivity (Wildman–Crippen MR) is 119 cm³/mol. The zero-order chi connectivity index (χ0) is 19.5. The molecule has 1 nitrogen and oxygen atoms in total. The number of unbranched alkanes of at least 4 members (excludes halogenated alkanes) is 6. The van der Waals surface area contributed by atoms with Crippen LogP contribution >= 0.6 is 0 Å². The Morgan fingerprint density at radius 2 is 1.48 bits per heavy atom. The van der Waals surface area contributed by atoms with E-state index in [0.717, 1.165) is 36.6 Å². The Balaban J connectivity index is 2.22. The molecule has 0 aromatic heterocycles. The number of hydrogen-bond donors (Lipinski definition) is 1. The van der Waals surface area contributed by atoms with E-state index in [0.29, 0.717) is 0 Å². The minimum Gasteiger partial charge on any atom is -0.381 e. The first-order chi connectivity index (χ1) is 13.2. The smallest absolute Gasteiger partial charge is 0.111 e. The van der Waals surface area contributed by atoms with E-state index in [1.54, 1.807) is 6.08 Å². The SMILES string of the molecule is C=CC(O)(c1cccc2ccccc12)C(CCCC)CCCCCCCC. The van der Waals surface area contributed by atoms with Gasteiger partial charge in [0.05, 0.1) is 0 Å². The molecule has 1 N–H and O–H groups in total. The highest BCUT2D eigenvalue weighted by atomic mass is 16.3. The summed E-state index contributed by atoms with van der Waals surface area (Å²) in [5.74, 6) is 0.229. The van der Waals surface area contributed by atoms with Crippen LogP contribution in [0.1, 0.15) is 83.6 Å². The fourth-order valence-electron chi connectivity index (χ4n) is 4.28. The van der Waals surface area contributed by atoms with Crippen LogP contribution in [0.15, 0.2) is 55.1 Å². The Bertz CT molecular complexity index is 684. The number of benzene rings is 2. The van der Waals surface area contributed by atoms with Crippen LogP contribution in [-0.2, 0) is 5.60 Å². The summed E-state index contributed by atoms with van der Waals surface area (Å²) in [5, 5.41) is 14.1. The van der Waals surface area contributed by atoms with Crippen LogP contribution < -0.4 is 0 Å². The maximum Gasteiger partial charge on any atom is 0.111 e. The van der Waals surface area contributed by atoms with E-state index < -0.39 is 5.60 Å². The van der Waals surface area contributed by atoms with Crippen LogP contribution in [0, 0.1) is 5.92 Å². The summed E-state index contributed by atoms with van der Waals surface area (Å²) < 4.78 is 0. The van der Waals surface area contributed by atoms with Gasteiger partial charge in [-0.25, -0.2) is 0 Å². The van der Waals surface area contributed by atoms with Gasteiger partial charge in [0.15, 0.2) is 0 Å². The number of hydrogen-bond acceptors (Lipinski definition) is 1. The van der Waals surface area contributed by atoms with Crippen LogP contribution in [0.25, 0.3) is 10.8 Å². The Labute approximate surface area is 166 Å². The lowest BCUT2D eigenvalue weighted by Gasteiger charge is -2.35. The van der Waals surface area contributed by atoms with Crippen molar-refractivity contribution in [1.29, 1.82) is 0 Å². The van der Waals surface area contributed by atoms with E-state index in [4.69, 9.17) is 0 Å². The number of fused-ring (bicyclic) bond motifs is 1. The molecule has 2 aromatic rings. The standard InChI is InChI=1S/C26H38O/c1-4-7-9-10-11-12-19-23(18-8-5-2)26(27,6-3)25-21-15-17-22-16-13-14-20-24(22)25/h6,13-17,20-21,23,27H,3-5,7-12,18-19H2,1-2H3. The van der Waals surface area contributed by atoms with Gasteiger partial charge < -0.3 is 5.11 Å². The van der Waals surface area contributed by atoms with Gasteiger partial charge in [0.2, 0.25) is 0 Å². The quantitative estimate of drug-likeness (QED) is 0.283. The summed E-state index contributed by atoms with van der Waals surface area (Å²) in [4.78, 5) is 0. The van der Waals surface area contributed by atoms with Crippen molar-refractivity contribution in [2.45, 2.75) is 83.7 Å². The van der Waals surface area contributed by atoms with E-state index >= 15 is 0 Å². The molecular weight excluding hydrogens is 328 g/mol. The molecule has 0 fully saturated rings. The molecule has 0 aliphatic heterocycles. The zero-order valence-electron chi connectivity index (χ0n) is 17.4. The highest BCUT2D eigenvalue weighted by molar-refractivity contribution is 5.86. The lowest BCUT2D eigenvalue weighted by Crippen LogP contribution is -2.33. The topological polar surface area (TPSA) is 20.2 Å². The normalized spacial score (nSPS) is 14.8. The van der Waals surface area contributed by atoms with Gasteiger partial charge in [-0.15, -0.1) is 0 Å². The highest BCUT2D eigenvalue weighted by Crippen LogP contribution is 2.40. The molecule has 0 spiro atoms. The Hall–Kier alpha value is -1.60. The van der Waals surface area contributed by atoms with Crippen molar-refractivity contribution < 1.29 is 5.11 Å². The Kier molecular flexibility index (Phi) is 9.07. The third-order valence-electron chi connectivity index (χ3n) is 5.97. The summed E-state index contributed by atoms with van der Waals surface area (Å²) >= 11 is 0. The molecule has 2 rings (SSSR count). The summed E-state index contributed by atoms with van der Waals surface area (Å²) in [6.07, 6.45) is 14.0. The maximum absolute atomic E-state index is 11.8. The number of aliphatic hydroxyl groups is 1. The summed E-state index contributed by atoms with van der Waals surface area (Å²) in [6, 6.07) is 14.6. The molecule has 2 unspecified atom stereocenters. The molecule has 0 amide bonds. The summed E-state index contributed by atoms with van der Waals surface area (Å²) in [6.45, 7) is 8.55. The molecule has 148 valence electrons. The van der Waals surface area contributed by atoms with Gasteiger partial charge in [0.1, 0.15) is 5.60 Å². The molecule has 0 saturated heterocycles. The van der Waals surface area contributed by atoms with E-state index in [2.05, 4.69) is 62.9 Å². The lowest BCUT2D eigenvalue weighted by molar-refractivity contribution is 0.0151. The van der Waals surface area contributed by atoms with E-state index in [-0.39, 0.29) is 5.92 Å².